The SMILES string of the molecule is NNC(=O)CSc1ccc(N)cc1Br. The Morgan fingerprint density at radius 1 is 1.57 bits per heavy atom. The van der Waals surface area contributed by atoms with E-state index in [0.29, 0.717) is 11.4 Å². The maximum absolute atomic E-state index is 10.9. The molecule has 1 rings (SSSR count). The molecule has 0 aliphatic carbocycles. The molecule has 1 amide bonds. The first-order valence-electron chi connectivity index (χ1n) is 3.80. The third-order valence-corrected chi connectivity index (χ3v) is 3.47. The van der Waals surface area contributed by atoms with Crippen LogP contribution >= 0.6 is 27.7 Å². The molecular formula is C8H10BrN3OS. The van der Waals surface area contributed by atoms with Crippen LogP contribution in [0.5, 0.6) is 0 Å². The first-order valence-corrected chi connectivity index (χ1v) is 5.58. The second kappa shape index (κ2) is 5.23. The van der Waals surface area contributed by atoms with E-state index in [0.717, 1.165) is 9.37 Å². The largest absolute Gasteiger partial charge is 0.399 e. The number of anilines is 1. The molecule has 14 heavy (non-hydrogen) atoms. The average Bonchev–Trinajstić information content (AvgIpc) is 2.16. The molecule has 0 atom stereocenters. The number of halogens is 1. The van der Waals surface area contributed by atoms with E-state index >= 15 is 0 Å². The maximum atomic E-state index is 10.9. The standard InChI is InChI=1S/C8H10BrN3OS/c9-6-3-5(10)1-2-7(6)14-4-8(13)12-11/h1-3H,4,10-11H2,(H,12,13). The number of hydrogen-bond acceptors (Lipinski definition) is 4. The third kappa shape index (κ3) is 3.21. The lowest BCUT2D eigenvalue weighted by Gasteiger charge is -2.04. The quantitative estimate of drug-likeness (QED) is 0.254. The molecule has 0 spiro atoms. The summed E-state index contributed by atoms with van der Waals surface area (Å²) in [6.45, 7) is 0. The molecule has 0 aliphatic rings. The molecule has 5 N–H and O–H groups in total. The molecule has 0 aliphatic heterocycles. The fourth-order valence-corrected chi connectivity index (χ4v) is 2.29. The van der Waals surface area contributed by atoms with Crippen molar-refractivity contribution in [2.45, 2.75) is 4.90 Å². The number of nitrogens with two attached hydrogens (primary N) is 2. The average molecular weight is 276 g/mol. The van der Waals surface area contributed by atoms with Crippen LogP contribution in [0.25, 0.3) is 0 Å². The number of rotatable bonds is 3. The number of nitrogens with one attached hydrogen (secondary N) is 1. The lowest BCUT2D eigenvalue weighted by Crippen LogP contribution is -2.31. The molecule has 6 heteroatoms. The third-order valence-electron chi connectivity index (χ3n) is 1.48. The summed E-state index contributed by atoms with van der Waals surface area (Å²) in [5.74, 6) is 5.03. The van der Waals surface area contributed by atoms with Crippen molar-refractivity contribution in [2.24, 2.45) is 5.84 Å². The molecule has 0 aromatic heterocycles. The van der Waals surface area contributed by atoms with Crippen molar-refractivity contribution in [3.05, 3.63) is 22.7 Å². The molecule has 76 valence electrons. The molecule has 4 nitrogen and oxygen atoms in total. The highest BCUT2D eigenvalue weighted by molar-refractivity contribution is 9.10. The first kappa shape index (κ1) is 11.4. The summed E-state index contributed by atoms with van der Waals surface area (Å²) in [4.78, 5) is 11.8. The molecule has 0 radical (unpaired) electrons. The highest BCUT2D eigenvalue weighted by atomic mass is 79.9. The van der Waals surface area contributed by atoms with Gasteiger partial charge >= 0.3 is 0 Å². The predicted octanol–water partition coefficient (Wildman–Crippen LogP) is 1.11. The van der Waals surface area contributed by atoms with Gasteiger partial charge in [0.1, 0.15) is 0 Å². The van der Waals surface area contributed by atoms with Gasteiger partial charge in [-0.05, 0) is 34.1 Å². The minimum absolute atomic E-state index is 0.210. The summed E-state index contributed by atoms with van der Waals surface area (Å²) in [6.07, 6.45) is 0. The minimum atomic E-state index is -0.210. The molecule has 1 aromatic rings. The molecule has 0 unspecified atom stereocenters. The summed E-state index contributed by atoms with van der Waals surface area (Å²) < 4.78 is 0.882. The van der Waals surface area contributed by atoms with E-state index in [4.69, 9.17) is 11.6 Å². The van der Waals surface area contributed by atoms with Gasteiger partial charge in [0, 0.05) is 15.1 Å². The lowest BCUT2D eigenvalue weighted by molar-refractivity contribution is -0.118. The Kier molecular flexibility index (Phi) is 4.24. The Morgan fingerprint density at radius 3 is 2.86 bits per heavy atom. The van der Waals surface area contributed by atoms with Gasteiger partial charge in [-0.1, -0.05) is 0 Å². The zero-order valence-corrected chi connectivity index (χ0v) is 9.69. The van der Waals surface area contributed by atoms with E-state index in [1.807, 2.05) is 6.07 Å². The van der Waals surface area contributed by atoms with Gasteiger partial charge in [-0.3, -0.25) is 10.2 Å². The van der Waals surface area contributed by atoms with Crippen molar-refractivity contribution < 1.29 is 4.79 Å². The topological polar surface area (TPSA) is 81.1 Å². The van der Waals surface area contributed by atoms with Gasteiger partial charge in [0.25, 0.3) is 0 Å². The zero-order valence-electron chi connectivity index (χ0n) is 7.29. The highest BCUT2D eigenvalue weighted by Gasteiger charge is 2.04. The number of benzene rings is 1. The van der Waals surface area contributed by atoms with Crippen LogP contribution in [-0.2, 0) is 4.79 Å². The van der Waals surface area contributed by atoms with Crippen molar-refractivity contribution in [3.8, 4) is 0 Å². The Morgan fingerprint density at radius 2 is 2.29 bits per heavy atom. The van der Waals surface area contributed by atoms with Gasteiger partial charge in [-0.15, -0.1) is 11.8 Å². The van der Waals surface area contributed by atoms with Crippen molar-refractivity contribution in [1.29, 1.82) is 0 Å². The molecule has 0 fully saturated rings. The molecular weight excluding hydrogens is 266 g/mol. The fourth-order valence-electron chi connectivity index (χ4n) is 0.819. The minimum Gasteiger partial charge on any atom is -0.399 e. The summed E-state index contributed by atoms with van der Waals surface area (Å²) in [7, 11) is 0. The van der Waals surface area contributed by atoms with E-state index in [-0.39, 0.29) is 5.91 Å². The van der Waals surface area contributed by atoms with E-state index in [1.165, 1.54) is 11.8 Å². The van der Waals surface area contributed by atoms with Gasteiger partial charge in [-0.2, -0.15) is 0 Å². The highest BCUT2D eigenvalue weighted by Crippen LogP contribution is 2.28. The fraction of sp³-hybridized carbons (Fsp3) is 0.125. The van der Waals surface area contributed by atoms with Crippen LogP contribution in [0.2, 0.25) is 0 Å². The number of hydrogen-bond donors (Lipinski definition) is 3. The smallest absolute Gasteiger partial charge is 0.244 e. The van der Waals surface area contributed by atoms with Crippen LogP contribution in [0.4, 0.5) is 5.69 Å². The number of amides is 1. The van der Waals surface area contributed by atoms with Crippen molar-refractivity contribution in [1.82, 2.24) is 5.43 Å². The lowest BCUT2D eigenvalue weighted by atomic mass is 10.3. The van der Waals surface area contributed by atoms with Crippen molar-refractivity contribution in [3.63, 3.8) is 0 Å². The predicted molar refractivity (Wildman–Crippen MR) is 61.6 cm³/mol. The Bertz CT molecular complexity index is 345. The number of hydrazine groups is 1. The second-order valence-electron chi connectivity index (χ2n) is 2.55. The van der Waals surface area contributed by atoms with Gasteiger partial charge in [0.15, 0.2) is 0 Å². The van der Waals surface area contributed by atoms with E-state index in [2.05, 4.69) is 21.4 Å². The number of carbonyl (C=O) groups is 1. The monoisotopic (exact) mass is 275 g/mol. The second-order valence-corrected chi connectivity index (χ2v) is 4.42. The summed E-state index contributed by atoms with van der Waals surface area (Å²) in [5.41, 5.74) is 8.32. The first-order chi connectivity index (χ1) is 6.63. The van der Waals surface area contributed by atoms with Crippen LogP contribution in [-0.4, -0.2) is 11.7 Å². The van der Waals surface area contributed by atoms with Gasteiger partial charge in [0.05, 0.1) is 5.75 Å². The zero-order chi connectivity index (χ0) is 10.6. The summed E-state index contributed by atoms with van der Waals surface area (Å²) in [5, 5.41) is 0. The van der Waals surface area contributed by atoms with Crippen molar-refractivity contribution >= 4 is 39.3 Å². The van der Waals surface area contributed by atoms with Crippen LogP contribution in [0.1, 0.15) is 0 Å². The Labute approximate surface area is 94.5 Å². The number of thioether (sulfide) groups is 1. The Hall–Kier alpha value is -0.720. The van der Waals surface area contributed by atoms with Crippen LogP contribution in [0.15, 0.2) is 27.6 Å². The molecule has 0 heterocycles. The maximum Gasteiger partial charge on any atom is 0.244 e. The van der Waals surface area contributed by atoms with E-state index in [1.54, 1.807) is 12.1 Å². The van der Waals surface area contributed by atoms with Crippen molar-refractivity contribution in [2.75, 3.05) is 11.5 Å². The van der Waals surface area contributed by atoms with Gasteiger partial charge in [-0.25, -0.2) is 5.84 Å². The summed E-state index contributed by atoms with van der Waals surface area (Å²) in [6, 6.07) is 5.43. The number of carbonyl (C=O) groups excluding carboxylic acids is 1. The number of nitrogen functional groups attached to an aromatic ring is 1. The molecule has 1 aromatic carbocycles. The molecule has 0 bridgehead atoms. The van der Waals surface area contributed by atoms with Gasteiger partial charge in [0.2, 0.25) is 5.91 Å². The Balaban J connectivity index is 2.63. The normalized spacial score (nSPS) is 9.86. The van der Waals surface area contributed by atoms with Gasteiger partial charge < -0.3 is 5.73 Å². The van der Waals surface area contributed by atoms with E-state index < -0.39 is 0 Å². The van der Waals surface area contributed by atoms with Crippen LogP contribution in [0, 0.1) is 0 Å². The van der Waals surface area contributed by atoms with Crippen LogP contribution in [0.3, 0.4) is 0 Å². The van der Waals surface area contributed by atoms with Crippen LogP contribution < -0.4 is 17.0 Å². The van der Waals surface area contributed by atoms with E-state index in [9.17, 15) is 4.79 Å². The summed E-state index contributed by atoms with van der Waals surface area (Å²) >= 11 is 4.75. The molecule has 0 saturated heterocycles. The molecule has 0 saturated carbocycles.